The van der Waals surface area contributed by atoms with Gasteiger partial charge in [-0.2, -0.15) is 0 Å². The fourth-order valence-electron chi connectivity index (χ4n) is 2.58. The summed E-state index contributed by atoms with van der Waals surface area (Å²) in [5.41, 5.74) is 6.22. The summed E-state index contributed by atoms with van der Waals surface area (Å²) in [6, 6.07) is 26.7. The lowest BCUT2D eigenvalue weighted by Crippen LogP contribution is -1.88. The van der Waals surface area contributed by atoms with Crippen molar-refractivity contribution in [3.05, 3.63) is 85.1 Å². The summed E-state index contributed by atoms with van der Waals surface area (Å²) in [4.78, 5) is 9.22. The van der Waals surface area contributed by atoms with Crippen LogP contribution in [0.15, 0.2) is 85.1 Å². The molecule has 4 rings (SSSR count). The van der Waals surface area contributed by atoms with Crippen LogP contribution in [0, 0.1) is 0 Å². The van der Waals surface area contributed by atoms with E-state index in [2.05, 4.69) is 53.5 Å². The standard InChI is InChI=1S/C20H14N2/c1-2-7-15(8-3-1)16-9-6-10-17(13-16)20-14-21-18-11-4-5-12-19(18)22-20/h1-14H. The van der Waals surface area contributed by atoms with Crippen molar-refractivity contribution >= 4 is 11.0 Å². The van der Waals surface area contributed by atoms with Crippen LogP contribution >= 0.6 is 0 Å². The van der Waals surface area contributed by atoms with Gasteiger partial charge in [-0.3, -0.25) is 4.98 Å². The van der Waals surface area contributed by atoms with Crippen LogP contribution in [0.4, 0.5) is 0 Å². The van der Waals surface area contributed by atoms with Crippen LogP contribution in [0.2, 0.25) is 0 Å². The van der Waals surface area contributed by atoms with E-state index in [0.717, 1.165) is 22.3 Å². The monoisotopic (exact) mass is 282 g/mol. The fourth-order valence-corrected chi connectivity index (χ4v) is 2.58. The quantitative estimate of drug-likeness (QED) is 0.519. The van der Waals surface area contributed by atoms with Gasteiger partial charge in [0.05, 0.1) is 22.9 Å². The zero-order chi connectivity index (χ0) is 14.8. The van der Waals surface area contributed by atoms with E-state index in [-0.39, 0.29) is 0 Å². The van der Waals surface area contributed by atoms with Crippen LogP contribution in [0.5, 0.6) is 0 Å². The van der Waals surface area contributed by atoms with E-state index in [1.807, 2.05) is 36.5 Å². The molecule has 0 fully saturated rings. The Morgan fingerprint density at radius 3 is 2.09 bits per heavy atom. The number of benzene rings is 3. The van der Waals surface area contributed by atoms with Crippen LogP contribution in [-0.4, -0.2) is 9.97 Å². The van der Waals surface area contributed by atoms with Crippen LogP contribution in [0.25, 0.3) is 33.4 Å². The molecule has 104 valence electrons. The molecule has 1 aromatic heterocycles. The van der Waals surface area contributed by atoms with Gasteiger partial charge >= 0.3 is 0 Å². The molecule has 0 radical (unpaired) electrons. The van der Waals surface area contributed by atoms with Crippen molar-refractivity contribution in [1.82, 2.24) is 9.97 Å². The molecule has 2 nitrogen and oxygen atoms in total. The number of hydrogen-bond acceptors (Lipinski definition) is 2. The van der Waals surface area contributed by atoms with Gasteiger partial charge in [-0.25, -0.2) is 4.98 Å². The SMILES string of the molecule is c1ccc(-c2cccc(-c3cnc4ccccc4n3)c2)cc1. The highest BCUT2D eigenvalue weighted by Crippen LogP contribution is 2.25. The summed E-state index contributed by atoms with van der Waals surface area (Å²) < 4.78 is 0. The molecule has 0 saturated carbocycles. The molecule has 0 N–H and O–H groups in total. The topological polar surface area (TPSA) is 25.8 Å². The van der Waals surface area contributed by atoms with Crippen molar-refractivity contribution in [2.24, 2.45) is 0 Å². The molecule has 0 bridgehead atoms. The lowest BCUT2D eigenvalue weighted by Gasteiger charge is -2.06. The second kappa shape index (κ2) is 5.41. The van der Waals surface area contributed by atoms with E-state index < -0.39 is 0 Å². The van der Waals surface area contributed by atoms with Crippen molar-refractivity contribution in [2.45, 2.75) is 0 Å². The molecule has 0 spiro atoms. The molecule has 3 aromatic carbocycles. The number of fused-ring (bicyclic) bond motifs is 1. The molecule has 0 amide bonds. The van der Waals surface area contributed by atoms with Gasteiger partial charge in [0, 0.05) is 5.56 Å². The van der Waals surface area contributed by atoms with Crippen molar-refractivity contribution < 1.29 is 0 Å². The first-order valence-corrected chi connectivity index (χ1v) is 7.28. The summed E-state index contributed by atoms with van der Waals surface area (Å²) in [6.45, 7) is 0. The van der Waals surface area contributed by atoms with Crippen molar-refractivity contribution in [2.75, 3.05) is 0 Å². The van der Waals surface area contributed by atoms with E-state index in [0.29, 0.717) is 0 Å². The van der Waals surface area contributed by atoms with E-state index in [9.17, 15) is 0 Å². The molecule has 2 heteroatoms. The maximum absolute atomic E-state index is 4.72. The van der Waals surface area contributed by atoms with Gasteiger partial charge in [0.15, 0.2) is 0 Å². The number of nitrogens with zero attached hydrogens (tertiary/aromatic N) is 2. The lowest BCUT2D eigenvalue weighted by molar-refractivity contribution is 1.29. The summed E-state index contributed by atoms with van der Waals surface area (Å²) in [5, 5.41) is 0. The van der Waals surface area contributed by atoms with Crippen molar-refractivity contribution in [3.8, 4) is 22.4 Å². The molecular formula is C20H14N2. The number of para-hydroxylation sites is 2. The molecule has 0 aliphatic heterocycles. The summed E-state index contributed by atoms with van der Waals surface area (Å²) in [7, 11) is 0. The van der Waals surface area contributed by atoms with E-state index in [4.69, 9.17) is 4.98 Å². The van der Waals surface area contributed by atoms with E-state index >= 15 is 0 Å². The van der Waals surface area contributed by atoms with Gasteiger partial charge < -0.3 is 0 Å². The molecule has 0 aliphatic carbocycles. The molecule has 0 unspecified atom stereocenters. The maximum Gasteiger partial charge on any atom is 0.0894 e. The van der Waals surface area contributed by atoms with Crippen LogP contribution < -0.4 is 0 Å². The van der Waals surface area contributed by atoms with Crippen LogP contribution in [0.3, 0.4) is 0 Å². The largest absolute Gasteiger partial charge is 0.252 e. The molecular weight excluding hydrogens is 268 g/mol. The van der Waals surface area contributed by atoms with Gasteiger partial charge in [0.1, 0.15) is 0 Å². The number of aromatic nitrogens is 2. The minimum absolute atomic E-state index is 0.900. The highest BCUT2D eigenvalue weighted by atomic mass is 14.8. The predicted octanol–water partition coefficient (Wildman–Crippen LogP) is 4.96. The second-order valence-electron chi connectivity index (χ2n) is 5.19. The van der Waals surface area contributed by atoms with Gasteiger partial charge in [0.2, 0.25) is 0 Å². The predicted molar refractivity (Wildman–Crippen MR) is 90.4 cm³/mol. The second-order valence-corrected chi connectivity index (χ2v) is 5.19. The number of rotatable bonds is 2. The Morgan fingerprint density at radius 1 is 0.545 bits per heavy atom. The molecule has 1 heterocycles. The molecule has 0 aliphatic rings. The van der Waals surface area contributed by atoms with Gasteiger partial charge in [-0.15, -0.1) is 0 Å². The summed E-state index contributed by atoms with van der Waals surface area (Å²) in [5.74, 6) is 0. The zero-order valence-corrected chi connectivity index (χ0v) is 12.0. The Morgan fingerprint density at radius 2 is 1.23 bits per heavy atom. The average Bonchev–Trinajstić information content (AvgIpc) is 2.62. The van der Waals surface area contributed by atoms with Crippen LogP contribution in [-0.2, 0) is 0 Å². The minimum Gasteiger partial charge on any atom is -0.252 e. The third-order valence-electron chi connectivity index (χ3n) is 3.71. The number of hydrogen-bond donors (Lipinski definition) is 0. The van der Waals surface area contributed by atoms with Crippen LogP contribution in [0.1, 0.15) is 0 Å². The summed E-state index contributed by atoms with van der Waals surface area (Å²) >= 11 is 0. The zero-order valence-electron chi connectivity index (χ0n) is 12.0. The Labute approximate surface area is 129 Å². The molecule has 0 saturated heterocycles. The smallest absolute Gasteiger partial charge is 0.0894 e. The Balaban J connectivity index is 1.81. The minimum atomic E-state index is 0.900. The Kier molecular flexibility index (Phi) is 3.13. The lowest BCUT2D eigenvalue weighted by atomic mass is 10.0. The first-order chi connectivity index (χ1) is 10.9. The third-order valence-corrected chi connectivity index (χ3v) is 3.71. The highest BCUT2D eigenvalue weighted by Gasteiger charge is 2.04. The molecule has 22 heavy (non-hydrogen) atoms. The molecule has 0 atom stereocenters. The Hall–Kier alpha value is -3.00. The first kappa shape index (κ1) is 12.7. The fraction of sp³-hybridized carbons (Fsp3) is 0. The average molecular weight is 282 g/mol. The maximum atomic E-state index is 4.72. The Bertz CT molecular complexity index is 930. The highest BCUT2D eigenvalue weighted by molar-refractivity contribution is 5.78. The van der Waals surface area contributed by atoms with Gasteiger partial charge in [-0.1, -0.05) is 60.7 Å². The van der Waals surface area contributed by atoms with Crippen molar-refractivity contribution in [1.29, 1.82) is 0 Å². The van der Waals surface area contributed by atoms with E-state index in [1.165, 1.54) is 11.1 Å². The summed E-state index contributed by atoms with van der Waals surface area (Å²) in [6.07, 6.45) is 1.84. The first-order valence-electron chi connectivity index (χ1n) is 7.28. The normalized spacial score (nSPS) is 10.7. The van der Waals surface area contributed by atoms with Gasteiger partial charge in [0.25, 0.3) is 0 Å². The van der Waals surface area contributed by atoms with E-state index in [1.54, 1.807) is 0 Å². The third kappa shape index (κ3) is 2.35. The van der Waals surface area contributed by atoms with Gasteiger partial charge in [-0.05, 0) is 29.3 Å². The van der Waals surface area contributed by atoms with Crippen molar-refractivity contribution in [3.63, 3.8) is 0 Å². The molecule has 4 aromatic rings.